The number of hydrogen-bond donors (Lipinski definition) is 5. The Morgan fingerprint density at radius 1 is 1.19 bits per heavy atom. The molecule has 6 N–H and O–H groups in total. The fourth-order valence-corrected chi connectivity index (χ4v) is 3.02. The second kappa shape index (κ2) is 9.01. The molecule has 27 heavy (non-hydrogen) atoms. The van der Waals surface area contributed by atoms with E-state index in [4.69, 9.17) is 5.84 Å². The van der Waals surface area contributed by atoms with Gasteiger partial charge in [-0.2, -0.15) is 0 Å². The van der Waals surface area contributed by atoms with Gasteiger partial charge in [-0.25, -0.2) is 5.43 Å². The summed E-state index contributed by atoms with van der Waals surface area (Å²) in [7, 11) is 0. The minimum Gasteiger partial charge on any atom is -0.391 e. The quantitative estimate of drug-likeness (QED) is 0.224. The zero-order chi connectivity index (χ0) is 20.1. The van der Waals surface area contributed by atoms with Crippen LogP contribution in [0.5, 0.6) is 0 Å². The Morgan fingerprint density at radius 2 is 1.85 bits per heavy atom. The lowest BCUT2D eigenvalue weighted by atomic mass is 9.98. The number of aromatic nitrogens is 1. The Labute approximate surface area is 157 Å². The summed E-state index contributed by atoms with van der Waals surface area (Å²) in [6.07, 6.45) is 1.09. The Bertz CT molecular complexity index is 830. The van der Waals surface area contributed by atoms with E-state index in [0.29, 0.717) is 6.42 Å². The van der Waals surface area contributed by atoms with Gasteiger partial charge in [-0.3, -0.25) is 25.5 Å². The highest BCUT2D eigenvalue weighted by Crippen LogP contribution is 2.19. The van der Waals surface area contributed by atoms with E-state index in [-0.39, 0.29) is 5.78 Å². The number of carbonyl (C=O) groups is 3. The van der Waals surface area contributed by atoms with Crippen LogP contribution in [0, 0.1) is 0 Å². The highest BCUT2D eigenvalue weighted by Gasteiger charge is 2.32. The van der Waals surface area contributed by atoms with E-state index >= 15 is 0 Å². The molecule has 2 rings (SSSR count). The van der Waals surface area contributed by atoms with Crippen molar-refractivity contribution in [2.75, 3.05) is 0 Å². The van der Waals surface area contributed by atoms with Gasteiger partial charge in [0.25, 0.3) is 0 Å². The fourth-order valence-electron chi connectivity index (χ4n) is 3.02. The molecule has 0 amide bonds. The van der Waals surface area contributed by atoms with Gasteiger partial charge < -0.3 is 10.1 Å². The number of para-hydroxylation sites is 1. The molecule has 0 aliphatic heterocycles. The summed E-state index contributed by atoms with van der Waals surface area (Å²) in [5.74, 6) is 3.52. The standard InChI is InChI=1S/C19H26N4O4/c1-10(18(26)19(27)17(23-20)12(3)25)22-16(11(2)24)8-13-9-21-15-7-5-4-6-14(13)15/h4-7,9-10,12,16-17,21-23,25H,8,20H2,1-3H3/t10?,12-,16+,17+/m1/s1. The molecule has 1 unspecified atom stereocenters. The smallest absolute Gasteiger partial charge is 0.220 e. The third kappa shape index (κ3) is 4.86. The highest BCUT2D eigenvalue weighted by molar-refractivity contribution is 6.41. The lowest BCUT2D eigenvalue weighted by Gasteiger charge is -2.22. The third-order valence-electron chi connectivity index (χ3n) is 4.62. The molecule has 0 spiro atoms. The number of benzene rings is 1. The van der Waals surface area contributed by atoms with Crippen LogP contribution in [0.25, 0.3) is 10.9 Å². The lowest BCUT2D eigenvalue weighted by Crippen LogP contribution is -2.55. The minimum absolute atomic E-state index is 0.142. The zero-order valence-electron chi connectivity index (χ0n) is 15.7. The molecule has 1 heterocycles. The minimum atomic E-state index is -1.19. The van der Waals surface area contributed by atoms with Crippen molar-refractivity contribution in [3.8, 4) is 0 Å². The lowest BCUT2D eigenvalue weighted by molar-refractivity contribution is -0.140. The summed E-state index contributed by atoms with van der Waals surface area (Å²) in [6, 6.07) is 5.01. The molecule has 8 nitrogen and oxygen atoms in total. The molecule has 0 bridgehead atoms. The van der Waals surface area contributed by atoms with E-state index in [2.05, 4.69) is 15.7 Å². The van der Waals surface area contributed by atoms with Gasteiger partial charge in [0, 0.05) is 17.1 Å². The van der Waals surface area contributed by atoms with Crippen molar-refractivity contribution in [2.24, 2.45) is 5.84 Å². The molecule has 0 aliphatic rings. The topological polar surface area (TPSA) is 137 Å². The predicted molar refractivity (Wildman–Crippen MR) is 102 cm³/mol. The van der Waals surface area contributed by atoms with E-state index in [1.807, 2.05) is 30.5 Å². The van der Waals surface area contributed by atoms with E-state index in [1.54, 1.807) is 0 Å². The molecule has 1 aromatic heterocycles. The molecule has 2 aromatic rings. The molecule has 0 aliphatic carbocycles. The van der Waals surface area contributed by atoms with Crippen molar-refractivity contribution in [1.82, 2.24) is 15.7 Å². The maximum atomic E-state index is 12.4. The molecular formula is C19H26N4O4. The van der Waals surface area contributed by atoms with Crippen molar-refractivity contribution in [3.05, 3.63) is 36.0 Å². The number of hydrogen-bond acceptors (Lipinski definition) is 7. The monoisotopic (exact) mass is 374 g/mol. The number of carbonyl (C=O) groups excluding carboxylic acids is 3. The van der Waals surface area contributed by atoms with Crippen LogP contribution < -0.4 is 16.6 Å². The van der Waals surface area contributed by atoms with Gasteiger partial charge in [-0.05, 0) is 38.8 Å². The molecule has 4 atom stereocenters. The number of aromatic amines is 1. The first-order valence-corrected chi connectivity index (χ1v) is 8.80. The number of H-pyrrole nitrogens is 1. The maximum absolute atomic E-state index is 12.4. The Balaban J connectivity index is 2.12. The Morgan fingerprint density at radius 3 is 2.44 bits per heavy atom. The first-order valence-electron chi connectivity index (χ1n) is 8.80. The van der Waals surface area contributed by atoms with Crippen LogP contribution in [-0.2, 0) is 20.8 Å². The summed E-state index contributed by atoms with van der Waals surface area (Å²) in [5.41, 5.74) is 4.05. The summed E-state index contributed by atoms with van der Waals surface area (Å²) in [6.45, 7) is 4.32. The average molecular weight is 374 g/mol. The van der Waals surface area contributed by atoms with Crippen LogP contribution in [0.2, 0.25) is 0 Å². The SMILES string of the molecule is CC(=O)[C@H](Cc1c[nH]c2ccccc12)NC(C)C(=O)C(=O)[C@@H](NN)[C@@H](C)O. The Hall–Kier alpha value is -2.39. The maximum Gasteiger partial charge on any atom is 0.220 e. The van der Waals surface area contributed by atoms with Crippen LogP contribution in [0.4, 0.5) is 0 Å². The second-order valence-corrected chi connectivity index (χ2v) is 6.73. The number of aliphatic hydroxyl groups is 1. The largest absolute Gasteiger partial charge is 0.391 e. The zero-order valence-corrected chi connectivity index (χ0v) is 15.7. The molecule has 146 valence electrons. The first kappa shape index (κ1) is 20.9. The van der Waals surface area contributed by atoms with Crippen LogP contribution in [0.15, 0.2) is 30.5 Å². The van der Waals surface area contributed by atoms with Crippen LogP contribution in [0.1, 0.15) is 26.3 Å². The second-order valence-electron chi connectivity index (χ2n) is 6.73. The van der Waals surface area contributed by atoms with Gasteiger partial charge in [-0.15, -0.1) is 0 Å². The van der Waals surface area contributed by atoms with Crippen LogP contribution >= 0.6 is 0 Å². The predicted octanol–water partition coefficient (Wildman–Crippen LogP) is -0.00300. The van der Waals surface area contributed by atoms with Crippen molar-refractivity contribution in [1.29, 1.82) is 0 Å². The summed E-state index contributed by atoms with van der Waals surface area (Å²) in [5, 5.41) is 13.5. The average Bonchev–Trinajstić information content (AvgIpc) is 3.03. The molecule has 8 heteroatoms. The van der Waals surface area contributed by atoms with Crippen molar-refractivity contribution < 1.29 is 19.5 Å². The van der Waals surface area contributed by atoms with E-state index in [1.165, 1.54) is 20.8 Å². The first-order chi connectivity index (χ1) is 12.8. The van der Waals surface area contributed by atoms with Crippen molar-refractivity contribution in [3.63, 3.8) is 0 Å². The van der Waals surface area contributed by atoms with Crippen LogP contribution in [-0.4, -0.2) is 51.7 Å². The van der Waals surface area contributed by atoms with E-state index < -0.39 is 35.8 Å². The van der Waals surface area contributed by atoms with Crippen molar-refractivity contribution in [2.45, 2.75) is 51.4 Å². The Kier molecular flexibility index (Phi) is 6.98. The number of Topliss-reactive ketones (excluding diaryl/α,β-unsaturated/α-hetero) is 3. The van der Waals surface area contributed by atoms with Gasteiger partial charge in [0.15, 0.2) is 0 Å². The number of fused-ring (bicyclic) bond motifs is 1. The summed E-state index contributed by atoms with van der Waals surface area (Å²) in [4.78, 5) is 39.8. The molecule has 0 saturated carbocycles. The van der Waals surface area contributed by atoms with E-state index in [9.17, 15) is 19.5 Å². The van der Waals surface area contributed by atoms with Crippen LogP contribution in [0.3, 0.4) is 0 Å². The molecule has 1 aromatic carbocycles. The molecule has 0 saturated heterocycles. The number of aliphatic hydroxyl groups excluding tert-OH is 1. The van der Waals surface area contributed by atoms with Gasteiger partial charge in [0.1, 0.15) is 11.8 Å². The van der Waals surface area contributed by atoms with E-state index in [0.717, 1.165) is 16.5 Å². The molecule has 0 radical (unpaired) electrons. The third-order valence-corrected chi connectivity index (χ3v) is 4.62. The van der Waals surface area contributed by atoms with Gasteiger partial charge >= 0.3 is 0 Å². The number of nitrogens with two attached hydrogens (primary N) is 1. The molecular weight excluding hydrogens is 348 g/mol. The van der Waals surface area contributed by atoms with Gasteiger partial charge in [-0.1, -0.05) is 18.2 Å². The number of rotatable bonds is 10. The normalized spacial score (nSPS) is 15.9. The van der Waals surface area contributed by atoms with Gasteiger partial charge in [0.2, 0.25) is 11.6 Å². The number of ketones is 3. The summed E-state index contributed by atoms with van der Waals surface area (Å²) >= 11 is 0. The van der Waals surface area contributed by atoms with Crippen molar-refractivity contribution >= 4 is 28.3 Å². The summed E-state index contributed by atoms with van der Waals surface area (Å²) < 4.78 is 0. The van der Waals surface area contributed by atoms with Gasteiger partial charge in [0.05, 0.1) is 18.2 Å². The number of hydrazine groups is 1. The fraction of sp³-hybridized carbons (Fsp3) is 0.421. The number of nitrogens with one attached hydrogen (secondary N) is 3. The molecule has 0 fully saturated rings. The highest BCUT2D eigenvalue weighted by atomic mass is 16.3.